The first-order valence-electron chi connectivity index (χ1n) is 6.07. The number of aromatic nitrogens is 3. The Balaban J connectivity index is 1.93. The van der Waals surface area contributed by atoms with Crippen molar-refractivity contribution in [1.82, 2.24) is 20.0 Å². The van der Waals surface area contributed by atoms with Crippen LogP contribution in [0.25, 0.3) is 5.52 Å². The van der Waals surface area contributed by atoms with Crippen molar-refractivity contribution in [2.45, 2.75) is 19.4 Å². The number of aryl methyl sites for hydroxylation is 1. The van der Waals surface area contributed by atoms with Crippen molar-refractivity contribution >= 4 is 16.9 Å². The monoisotopic (exact) mass is 273 g/mol. The van der Waals surface area contributed by atoms with Crippen LogP contribution in [0.5, 0.6) is 0 Å². The summed E-state index contributed by atoms with van der Waals surface area (Å²) in [5.74, 6) is 5.70. The molecule has 0 saturated carbocycles. The largest absolute Gasteiger partial charge is 0.271 e. The molecule has 3 heterocycles. The van der Waals surface area contributed by atoms with Crippen LogP contribution in [0.4, 0.5) is 0 Å². The van der Waals surface area contributed by atoms with E-state index in [4.69, 9.17) is 5.84 Å². The van der Waals surface area contributed by atoms with Gasteiger partial charge in [0.15, 0.2) is 0 Å². The molecular weight excluding hydrogens is 258 g/mol. The summed E-state index contributed by atoms with van der Waals surface area (Å²) >= 11 is 1.66. The van der Waals surface area contributed by atoms with E-state index in [2.05, 4.69) is 20.9 Å². The van der Waals surface area contributed by atoms with Crippen LogP contribution in [0.3, 0.4) is 0 Å². The molecule has 5 nitrogen and oxygen atoms in total. The van der Waals surface area contributed by atoms with E-state index in [9.17, 15) is 0 Å². The minimum atomic E-state index is 0.0189. The fraction of sp³-hybridized carbons (Fsp3) is 0.231. The number of hydrogen-bond donors (Lipinski definition) is 2. The predicted molar refractivity (Wildman–Crippen MR) is 75.8 cm³/mol. The van der Waals surface area contributed by atoms with Crippen LogP contribution in [0.15, 0.2) is 36.0 Å². The molecule has 0 aliphatic heterocycles. The van der Waals surface area contributed by atoms with Gasteiger partial charge in [0.1, 0.15) is 0 Å². The van der Waals surface area contributed by atoms with Gasteiger partial charge in [0.05, 0.1) is 22.8 Å². The first kappa shape index (κ1) is 12.3. The average Bonchev–Trinajstić information content (AvgIpc) is 3.02. The molecule has 0 spiro atoms. The number of nitrogens with two attached hydrogens (primary N) is 1. The minimum Gasteiger partial charge on any atom is -0.271 e. The van der Waals surface area contributed by atoms with Crippen LogP contribution in [-0.2, 0) is 6.42 Å². The fourth-order valence-corrected chi connectivity index (χ4v) is 2.97. The average molecular weight is 273 g/mol. The Morgan fingerprint density at radius 3 is 3.11 bits per heavy atom. The van der Waals surface area contributed by atoms with Gasteiger partial charge < -0.3 is 0 Å². The van der Waals surface area contributed by atoms with Gasteiger partial charge >= 0.3 is 0 Å². The number of nitrogens with zero attached hydrogens (tertiary/aromatic N) is 3. The summed E-state index contributed by atoms with van der Waals surface area (Å²) in [7, 11) is 0. The van der Waals surface area contributed by atoms with Crippen LogP contribution in [0.2, 0.25) is 0 Å². The summed E-state index contributed by atoms with van der Waals surface area (Å²) in [5, 5.41) is 7.47. The van der Waals surface area contributed by atoms with Crippen LogP contribution in [-0.4, -0.2) is 14.6 Å². The van der Waals surface area contributed by atoms with Gasteiger partial charge in [0, 0.05) is 29.3 Å². The maximum atomic E-state index is 5.70. The second kappa shape index (κ2) is 5.08. The van der Waals surface area contributed by atoms with Gasteiger partial charge in [-0.2, -0.15) is 5.10 Å². The Morgan fingerprint density at radius 1 is 1.47 bits per heavy atom. The SMILES string of the molecule is Cc1csc(CC(NN)c2cnn3ccccc23)n1. The van der Waals surface area contributed by atoms with Crippen molar-refractivity contribution in [2.24, 2.45) is 5.84 Å². The Hall–Kier alpha value is -1.76. The van der Waals surface area contributed by atoms with Crippen molar-refractivity contribution in [2.75, 3.05) is 0 Å². The van der Waals surface area contributed by atoms with Crippen LogP contribution in [0.1, 0.15) is 22.3 Å². The molecule has 0 aromatic carbocycles. The minimum absolute atomic E-state index is 0.0189. The van der Waals surface area contributed by atoms with Gasteiger partial charge in [-0.3, -0.25) is 11.3 Å². The van der Waals surface area contributed by atoms with Crippen LogP contribution >= 0.6 is 11.3 Å². The second-order valence-corrected chi connectivity index (χ2v) is 5.38. The van der Waals surface area contributed by atoms with E-state index in [1.807, 2.05) is 42.0 Å². The predicted octanol–water partition coefficient (Wildman–Crippen LogP) is 1.85. The number of pyridine rings is 1. The number of rotatable bonds is 4. The Kier molecular flexibility index (Phi) is 3.29. The van der Waals surface area contributed by atoms with E-state index >= 15 is 0 Å². The van der Waals surface area contributed by atoms with Gasteiger partial charge in [-0.15, -0.1) is 11.3 Å². The van der Waals surface area contributed by atoms with E-state index in [0.29, 0.717) is 0 Å². The Labute approximate surface area is 115 Å². The third kappa shape index (κ3) is 2.37. The fourth-order valence-electron chi connectivity index (χ4n) is 2.15. The van der Waals surface area contributed by atoms with Crippen molar-refractivity contribution in [1.29, 1.82) is 0 Å². The number of hydrogen-bond acceptors (Lipinski definition) is 5. The third-order valence-corrected chi connectivity index (χ3v) is 4.07. The standard InChI is InChI=1S/C13H15N5S/c1-9-8-19-13(16-9)6-11(17-14)10-7-15-18-5-3-2-4-12(10)18/h2-5,7-8,11,17H,6,14H2,1H3. The first-order valence-corrected chi connectivity index (χ1v) is 6.95. The lowest BCUT2D eigenvalue weighted by molar-refractivity contribution is 0.554. The van der Waals surface area contributed by atoms with E-state index in [1.165, 1.54) is 0 Å². The zero-order valence-corrected chi connectivity index (χ0v) is 11.4. The van der Waals surface area contributed by atoms with Gasteiger partial charge in [-0.25, -0.2) is 9.50 Å². The highest BCUT2D eigenvalue weighted by atomic mass is 32.1. The molecule has 19 heavy (non-hydrogen) atoms. The first-order chi connectivity index (χ1) is 9.28. The topological polar surface area (TPSA) is 68.2 Å². The molecular formula is C13H15N5S. The molecule has 0 saturated heterocycles. The Morgan fingerprint density at radius 2 is 2.37 bits per heavy atom. The quantitative estimate of drug-likeness (QED) is 0.562. The highest BCUT2D eigenvalue weighted by Crippen LogP contribution is 2.23. The van der Waals surface area contributed by atoms with E-state index in [0.717, 1.165) is 28.2 Å². The molecule has 98 valence electrons. The molecule has 3 aromatic heterocycles. The molecule has 0 bridgehead atoms. The lowest BCUT2D eigenvalue weighted by Crippen LogP contribution is -2.29. The highest BCUT2D eigenvalue weighted by molar-refractivity contribution is 7.09. The molecule has 3 rings (SSSR count). The second-order valence-electron chi connectivity index (χ2n) is 4.44. The normalized spacial score (nSPS) is 12.9. The van der Waals surface area contributed by atoms with Crippen LogP contribution < -0.4 is 11.3 Å². The Bertz CT molecular complexity index is 687. The summed E-state index contributed by atoms with van der Waals surface area (Å²) in [6.07, 6.45) is 4.56. The van der Waals surface area contributed by atoms with Crippen molar-refractivity contribution in [3.8, 4) is 0 Å². The third-order valence-electron chi connectivity index (χ3n) is 3.08. The molecule has 0 amide bonds. The lowest BCUT2D eigenvalue weighted by atomic mass is 10.1. The highest BCUT2D eigenvalue weighted by Gasteiger charge is 2.17. The smallest absolute Gasteiger partial charge is 0.0947 e. The summed E-state index contributed by atoms with van der Waals surface area (Å²) in [5.41, 5.74) is 6.08. The molecule has 0 aliphatic rings. The molecule has 1 atom stereocenters. The molecule has 3 N–H and O–H groups in total. The van der Waals surface area contributed by atoms with Crippen LogP contribution in [0, 0.1) is 6.92 Å². The molecule has 1 unspecified atom stereocenters. The number of thiazole rings is 1. The van der Waals surface area contributed by atoms with E-state index < -0.39 is 0 Å². The maximum absolute atomic E-state index is 5.70. The lowest BCUT2D eigenvalue weighted by Gasteiger charge is -2.13. The van der Waals surface area contributed by atoms with Gasteiger partial charge in [-0.05, 0) is 19.1 Å². The molecule has 6 heteroatoms. The molecule has 0 aliphatic carbocycles. The van der Waals surface area contributed by atoms with E-state index in [1.54, 1.807) is 11.3 Å². The number of hydrazine groups is 1. The summed E-state index contributed by atoms with van der Waals surface area (Å²) in [6, 6.07) is 6.02. The zero-order chi connectivity index (χ0) is 13.2. The summed E-state index contributed by atoms with van der Waals surface area (Å²) < 4.78 is 1.85. The summed E-state index contributed by atoms with van der Waals surface area (Å²) in [6.45, 7) is 2.00. The molecule has 0 fully saturated rings. The molecule has 0 radical (unpaired) electrons. The van der Waals surface area contributed by atoms with Crippen molar-refractivity contribution in [3.05, 3.63) is 52.2 Å². The van der Waals surface area contributed by atoms with Gasteiger partial charge in [0.25, 0.3) is 0 Å². The van der Waals surface area contributed by atoms with Crippen molar-refractivity contribution in [3.63, 3.8) is 0 Å². The zero-order valence-electron chi connectivity index (χ0n) is 10.6. The molecule has 3 aromatic rings. The van der Waals surface area contributed by atoms with Gasteiger partial charge in [0.2, 0.25) is 0 Å². The number of nitrogens with one attached hydrogen (secondary N) is 1. The van der Waals surface area contributed by atoms with Crippen molar-refractivity contribution < 1.29 is 0 Å². The van der Waals surface area contributed by atoms with Gasteiger partial charge in [-0.1, -0.05) is 6.07 Å². The summed E-state index contributed by atoms with van der Waals surface area (Å²) in [4.78, 5) is 4.48. The van der Waals surface area contributed by atoms with E-state index in [-0.39, 0.29) is 6.04 Å². The number of fused-ring (bicyclic) bond motifs is 1. The maximum Gasteiger partial charge on any atom is 0.0947 e.